The molecule has 2 aromatic rings. The maximum absolute atomic E-state index is 12.3. The molecule has 0 bridgehead atoms. The Labute approximate surface area is 135 Å². The summed E-state index contributed by atoms with van der Waals surface area (Å²) in [7, 11) is 0. The van der Waals surface area contributed by atoms with Gasteiger partial charge in [0.2, 0.25) is 0 Å². The Morgan fingerprint density at radius 3 is 2.86 bits per heavy atom. The predicted octanol–water partition coefficient (Wildman–Crippen LogP) is 1.74. The van der Waals surface area contributed by atoms with E-state index in [9.17, 15) is 4.79 Å². The second kappa shape index (κ2) is 7.40. The van der Waals surface area contributed by atoms with Crippen LogP contribution < -0.4 is 11.1 Å². The van der Waals surface area contributed by atoms with Crippen molar-refractivity contribution in [2.45, 2.75) is 25.0 Å². The topological polar surface area (TPSA) is 82.2 Å². The Balaban J connectivity index is 0.00000176. The minimum absolute atomic E-state index is 0. The molecule has 2 atom stereocenters. The number of nitrogens with one attached hydrogen (secondary N) is 1. The number of para-hydroxylation sites is 2. The highest BCUT2D eigenvalue weighted by Gasteiger charge is 2.30. The van der Waals surface area contributed by atoms with Gasteiger partial charge < -0.3 is 15.8 Å². The molecule has 1 fully saturated rings. The minimum atomic E-state index is -0.427. The molecule has 1 aromatic heterocycles. The second-order valence-electron chi connectivity index (χ2n) is 5.02. The third-order valence-corrected chi connectivity index (χ3v) is 3.58. The molecule has 3 rings (SSSR count). The monoisotopic (exact) mass is 322 g/mol. The zero-order valence-corrected chi connectivity index (χ0v) is 12.8. The summed E-state index contributed by atoms with van der Waals surface area (Å²) in [4.78, 5) is 12.3. The van der Waals surface area contributed by atoms with Gasteiger partial charge in [0, 0.05) is 18.9 Å². The summed E-state index contributed by atoms with van der Waals surface area (Å²) in [5, 5.41) is 7.11. The Morgan fingerprint density at radius 2 is 2.18 bits per heavy atom. The van der Waals surface area contributed by atoms with E-state index in [1.165, 1.54) is 0 Å². The number of halogens is 1. The summed E-state index contributed by atoms with van der Waals surface area (Å²) in [6.07, 6.45) is 4.63. The normalized spacial score (nSPS) is 20.4. The number of hydrogen-bond donors (Lipinski definition) is 2. The van der Waals surface area contributed by atoms with Crippen LogP contribution in [0.1, 0.15) is 12.8 Å². The van der Waals surface area contributed by atoms with Gasteiger partial charge in [-0.25, -0.2) is 4.68 Å². The fourth-order valence-corrected chi connectivity index (χ4v) is 2.48. The van der Waals surface area contributed by atoms with Crippen LogP contribution in [-0.2, 0) is 9.53 Å². The fourth-order valence-electron chi connectivity index (χ4n) is 2.48. The van der Waals surface area contributed by atoms with Crippen LogP contribution in [0.25, 0.3) is 5.69 Å². The lowest BCUT2D eigenvalue weighted by Gasteiger charge is -2.15. The number of hydrogen-bond acceptors (Lipinski definition) is 4. The largest absolute Gasteiger partial charge is 0.364 e. The van der Waals surface area contributed by atoms with Crippen molar-refractivity contribution in [3.8, 4) is 5.69 Å². The molecule has 0 unspecified atom stereocenters. The van der Waals surface area contributed by atoms with E-state index in [2.05, 4.69) is 10.4 Å². The molecule has 1 aliphatic rings. The van der Waals surface area contributed by atoms with Crippen molar-refractivity contribution in [3.63, 3.8) is 0 Å². The average molecular weight is 323 g/mol. The summed E-state index contributed by atoms with van der Waals surface area (Å²) >= 11 is 0. The number of anilines is 1. The van der Waals surface area contributed by atoms with E-state index in [1.807, 2.05) is 36.5 Å². The molecule has 1 aliphatic heterocycles. The van der Waals surface area contributed by atoms with Crippen molar-refractivity contribution in [1.82, 2.24) is 9.78 Å². The highest BCUT2D eigenvalue weighted by atomic mass is 35.5. The summed E-state index contributed by atoms with van der Waals surface area (Å²) in [6.45, 7) is 0.452. The van der Waals surface area contributed by atoms with Crippen molar-refractivity contribution in [2.24, 2.45) is 5.73 Å². The minimum Gasteiger partial charge on any atom is -0.364 e. The van der Waals surface area contributed by atoms with Gasteiger partial charge in [-0.2, -0.15) is 5.10 Å². The number of aromatic nitrogens is 2. The molecule has 118 valence electrons. The van der Waals surface area contributed by atoms with E-state index in [0.29, 0.717) is 18.7 Å². The predicted molar refractivity (Wildman–Crippen MR) is 86.4 cm³/mol. The molecule has 22 heavy (non-hydrogen) atoms. The number of rotatable bonds is 4. The van der Waals surface area contributed by atoms with Crippen LogP contribution in [0, 0.1) is 0 Å². The maximum atomic E-state index is 12.3. The van der Waals surface area contributed by atoms with Crippen LogP contribution in [0.3, 0.4) is 0 Å². The van der Waals surface area contributed by atoms with Crippen LogP contribution in [0.5, 0.6) is 0 Å². The smallest absolute Gasteiger partial charge is 0.253 e. The molecule has 0 saturated carbocycles. The number of nitrogens with zero attached hydrogens (tertiary/aromatic N) is 2. The van der Waals surface area contributed by atoms with Crippen molar-refractivity contribution < 1.29 is 9.53 Å². The lowest BCUT2D eigenvalue weighted by Crippen LogP contribution is -2.30. The molecule has 0 aliphatic carbocycles. The highest BCUT2D eigenvalue weighted by Crippen LogP contribution is 2.23. The van der Waals surface area contributed by atoms with Crippen molar-refractivity contribution in [3.05, 3.63) is 42.7 Å². The zero-order chi connectivity index (χ0) is 14.7. The molecular weight excluding hydrogens is 304 g/mol. The molecule has 3 N–H and O–H groups in total. The first-order valence-corrected chi connectivity index (χ1v) is 7.03. The number of benzene rings is 1. The van der Waals surface area contributed by atoms with E-state index in [-0.39, 0.29) is 24.4 Å². The van der Waals surface area contributed by atoms with Crippen molar-refractivity contribution in [1.29, 1.82) is 0 Å². The molecule has 1 aromatic carbocycles. The van der Waals surface area contributed by atoms with Crippen LogP contribution in [0.4, 0.5) is 5.69 Å². The lowest BCUT2D eigenvalue weighted by molar-refractivity contribution is -0.126. The third-order valence-electron chi connectivity index (χ3n) is 3.58. The number of amides is 1. The summed E-state index contributed by atoms with van der Waals surface area (Å²) < 4.78 is 7.33. The van der Waals surface area contributed by atoms with Crippen LogP contribution in [0.15, 0.2) is 42.7 Å². The second-order valence-corrected chi connectivity index (χ2v) is 5.02. The lowest BCUT2D eigenvalue weighted by atomic mass is 10.2. The van der Waals surface area contributed by atoms with Gasteiger partial charge in [-0.15, -0.1) is 12.4 Å². The summed E-state index contributed by atoms with van der Waals surface area (Å²) in [5.74, 6) is -0.134. The van der Waals surface area contributed by atoms with Crippen LogP contribution in [-0.4, -0.2) is 34.4 Å². The van der Waals surface area contributed by atoms with Gasteiger partial charge in [-0.1, -0.05) is 12.1 Å². The number of nitrogens with two attached hydrogens (primary N) is 1. The quantitative estimate of drug-likeness (QED) is 0.898. The molecule has 7 heteroatoms. The van der Waals surface area contributed by atoms with Gasteiger partial charge in [0.25, 0.3) is 5.91 Å². The van der Waals surface area contributed by atoms with Crippen molar-refractivity contribution in [2.75, 3.05) is 11.9 Å². The molecule has 0 spiro atoms. The average Bonchev–Trinajstić information content (AvgIpc) is 3.19. The molecule has 2 heterocycles. The fraction of sp³-hybridized carbons (Fsp3) is 0.333. The van der Waals surface area contributed by atoms with E-state index < -0.39 is 6.10 Å². The Kier molecular flexibility index (Phi) is 5.54. The van der Waals surface area contributed by atoms with E-state index in [1.54, 1.807) is 10.9 Å². The van der Waals surface area contributed by atoms with E-state index in [4.69, 9.17) is 10.5 Å². The standard InChI is InChI=1S/C15H18N4O2.ClH/c16-10-11-6-7-14(21-11)15(20)18-12-4-1-2-5-13(12)19-9-3-8-17-19;/h1-5,8-9,11,14H,6-7,10,16H2,(H,18,20);1H/t11-,14+;/m1./s1. The van der Waals surface area contributed by atoms with E-state index in [0.717, 1.165) is 12.1 Å². The first kappa shape index (κ1) is 16.5. The van der Waals surface area contributed by atoms with E-state index >= 15 is 0 Å². The van der Waals surface area contributed by atoms with Crippen molar-refractivity contribution >= 4 is 24.0 Å². The van der Waals surface area contributed by atoms with Gasteiger partial charge in [0.15, 0.2) is 0 Å². The number of carbonyl (C=O) groups is 1. The first-order valence-electron chi connectivity index (χ1n) is 7.03. The summed E-state index contributed by atoms with van der Waals surface area (Å²) in [6, 6.07) is 9.37. The van der Waals surface area contributed by atoms with Gasteiger partial charge in [0.05, 0.1) is 17.5 Å². The first-order chi connectivity index (χ1) is 10.3. The SMILES string of the molecule is Cl.NC[C@H]1CC[C@@H](C(=O)Nc2ccccc2-n2cccn2)O1. The van der Waals surface area contributed by atoms with Gasteiger partial charge in [-0.05, 0) is 31.0 Å². The molecule has 0 radical (unpaired) electrons. The molecule has 1 amide bonds. The number of ether oxygens (including phenoxy) is 1. The Morgan fingerprint density at radius 1 is 1.36 bits per heavy atom. The molecule has 6 nitrogen and oxygen atoms in total. The van der Waals surface area contributed by atoms with Crippen LogP contribution in [0.2, 0.25) is 0 Å². The molecule has 1 saturated heterocycles. The number of carbonyl (C=O) groups excluding carboxylic acids is 1. The zero-order valence-electron chi connectivity index (χ0n) is 12.0. The highest BCUT2D eigenvalue weighted by molar-refractivity contribution is 5.96. The third kappa shape index (κ3) is 3.47. The Bertz CT molecular complexity index is 618. The molecular formula is C15H19ClN4O2. The van der Waals surface area contributed by atoms with Gasteiger partial charge in [-0.3, -0.25) is 4.79 Å². The van der Waals surface area contributed by atoms with Gasteiger partial charge >= 0.3 is 0 Å². The Hall–Kier alpha value is -1.89. The van der Waals surface area contributed by atoms with Gasteiger partial charge in [0.1, 0.15) is 6.10 Å². The summed E-state index contributed by atoms with van der Waals surface area (Å²) in [5.41, 5.74) is 7.11. The van der Waals surface area contributed by atoms with Crippen LogP contribution >= 0.6 is 12.4 Å². The maximum Gasteiger partial charge on any atom is 0.253 e.